The summed E-state index contributed by atoms with van der Waals surface area (Å²) >= 11 is 5.53. The molecule has 0 spiro atoms. The summed E-state index contributed by atoms with van der Waals surface area (Å²) < 4.78 is 0. The molecule has 1 aliphatic heterocycles. The maximum absolute atomic E-state index is 11.3. The van der Waals surface area contributed by atoms with E-state index in [1.807, 2.05) is 0 Å². The van der Waals surface area contributed by atoms with Crippen LogP contribution in [0.2, 0.25) is 0 Å². The Kier molecular flexibility index (Phi) is 6.81. The van der Waals surface area contributed by atoms with Gasteiger partial charge in [0.2, 0.25) is 5.91 Å². The number of carbonyl (C=O) groups excluding carboxylic acids is 1. The van der Waals surface area contributed by atoms with Gasteiger partial charge in [0.25, 0.3) is 0 Å². The van der Waals surface area contributed by atoms with Gasteiger partial charge >= 0.3 is 0 Å². The first-order valence-electron chi connectivity index (χ1n) is 6.27. The van der Waals surface area contributed by atoms with Gasteiger partial charge in [0.05, 0.1) is 0 Å². The molecule has 0 saturated carbocycles. The lowest BCUT2D eigenvalue weighted by Crippen LogP contribution is -2.39. The van der Waals surface area contributed by atoms with E-state index in [4.69, 9.17) is 11.6 Å². The molecule has 0 bridgehead atoms. The number of piperidine rings is 1. The van der Waals surface area contributed by atoms with Crippen LogP contribution in [-0.2, 0) is 4.79 Å². The van der Waals surface area contributed by atoms with Crippen LogP contribution in [0.4, 0.5) is 0 Å². The molecule has 0 atom stereocenters. The second kappa shape index (κ2) is 7.91. The highest BCUT2D eigenvalue weighted by Gasteiger charge is 2.14. The number of nitrogens with zero attached hydrogens (tertiary/aromatic N) is 1. The fraction of sp³-hybridized carbons (Fsp3) is 0.917. The zero-order chi connectivity index (χ0) is 11.8. The molecule has 0 aliphatic carbocycles. The van der Waals surface area contributed by atoms with Gasteiger partial charge in [-0.15, -0.1) is 11.6 Å². The summed E-state index contributed by atoms with van der Waals surface area (Å²) in [6.07, 6.45) is 3.91. The minimum Gasteiger partial charge on any atom is -0.355 e. The third-order valence-corrected chi connectivity index (χ3v) is 3.43. The molecular weight excluding hydrogens is 224 g/mol. The Balaban J connectivity index is 2.00. The van der Waals surface area contributed by atoms with Crippen LogP contribution in [0.5, 0.6) is 0 Å². The van der Waals surface area contributed by atoms with E-state index in [0.717, 1.165) is 25.4 Å². The van der Waals surface area contributed by atoms with Gasteiger partial charge in [0.1, 0.15) is 0 Å². The van der Waals surface area contributed by atoms with Gasteiger partial charge in [-0.3, -0.25) is 4.79 Å². The quantitative estimate of drug-likeness (QED) is 0.726. The van der Waals surface area contributed by atoms with Gasteiger partial charge in [0, 0.05) is 25.4 Å². The van der Waals surface area contributed by atoms with Gasteiger partial charge in [-0.2, -0.15) is 0 Å². The largest absolute Gasteiger partial charge is 0.355 e. The molecule has 0 aromatic rings. The fourth-order valence-corrected chi connectivity index (χ4v) is 2.09. The third-order valence-electron chi connectivity index (χ3n) is 3.16. The second-order valence-electron chi connectivity index (χ2n) is 4.67. The zero-order valence-electron chi connectivity index (χ0n) is 10.2. The van der Waals surface area contributed by atoms with Crippen molar-refractivity contribution in [3.63, 3.8) is 0 Å². The summed E-state index contributed by atoms with van der Waals surface area (Å²) in [6.45, 7) is 6.43. The highest BCUT2D eigenvalue weighted by Crippen LogP contribution is 2.14. The third kappa shape index (κ3) is 5.71. The van der Waals surface area contributed by atoms with Crippen LogP contribution in [0.3, 0.4) is 0 Å². The average Bonchev–Trinajstić information content (AvgIpc) is 2.29. The number of alkyl halides is 1. The molecule has 1 N–H and O–H groups in total. The maximum Gasteiger partial charge on any atom is 0.220 e. The monoisotopic (exact) mass is 246 g/mol. The summed E-state index contributed by atoms with van der Waals surface area (Å²) in [5, 5.41) is 2.94. The molecule has 0 radical (unpaired) electrons. The topological polar surface area (TPSA) is 32.3 Å². The predicted octanol–water partition coefficient (Wildman–Crippen LogP) is 1.85. The number of likely N-dealkylation sites (tertiary alicyclic amines) is 1. The van der Waals surface area contributed by atoms with Crippen molar-refractivity contribution in [1.29, 1.82) is 0 Å². The van der Waals surface area contributed by atoms with E-state index in [1.165, 1.54) is 25.9 Å². The molecular formula is C12H23ClN2O. The van der Waals surface area contributed by atoms with Crippen LogP contribution in [-0.4, -0.2) is 42.9 Å². The first kappa shape index (κ1) is 13.8. The van der Waals surface area contributed by atoms with Crippen molar-refractivity contribution in [3.05, 3.63) is 0 Å². The van der Waals surface area contributed by atoms with E-state index in [2.05, 4.69) is 17.1 Å². The van der Waals surface area contributed by atoms with Crippen LogP contribution in [0.25, 0.3) is 0 Å². The van der Waals surface area contributed by atoms with Gasteiger partial charge in [-0.25, -0.2) is 0 Å². The van der Waals surface area contributed by atoms with Crippen molar-refractivity contribution in [2.75, 3.05) is 32.1 Å². The molecule has 3 nitrogen and oxygen atoms in total. The Morgan fingerprint density at radius 3 is 2.75 bits per heavy atom. The molecule has 16 heavy (non-hydrogen) atoms. The number of hydrogen-bond acceptors (Lipinski definition) is 2. The number of hydrogen-bond donors (Lipinski definition) is 1. The van der Waals surface area contributed by atoms with Gasteiger partial charge < -0.3 is 10.2 Å². The molecule has 1 rings (SSSR count). The van der Waals surface area contributed by atoms with E-state index >= 15 is 0 Å². The fourth-order valence-electron chi connectivity index (χ4n) is 1.95. The molecule has 1 saturated heterocycles. The van der Waals surface area contributed by atoms with E-state index < -0.39 is 0 Å². The number of carbonyl (C=O) groups is 1. The van der Waals surface area contributed by atoms with Crippen molar-refractivity contribution in [2.45, 2.75) is 32.6 Å². The van der Waals surface area contributed by atoms with Crippen molar-refractivity contribution in [2.24, 2.45) is 5.92 Å². The van der Waals surface area contributed by atoms with Crippen LogP contribution in [0.1, 0.15) is 32.6 Å². The molecule has 0 aromatic carbocycles. The van der Waals surface area contributed by atoms with Gasteiger partial charge in [-0.05, 0) is 38.3 Å². The highest BCUT2D eigenvalue weighted by atomic mass is 35.5. The normalized spacial score (nSPS) is 18.6. The molecule has 1 fully saturated rings. The lowest BCUT2D eigenvalue weighted by molar-refractivity contribution is -0.121. The van der Waals surface area contributed by atoms with E-state index in [1.54, 1.807) is 0 Å². The van der Waals surface area contributed by atoms with Crippen LogP contribution >= 0.6 is 11.6 Å². The number of rotatable bonds is 6. The van der Waals surface area contributed by atoms with Crippen molar-refractivity contribution in [3.8, 4) is 0 Å². The van der Waals surface area contributed by atoms with E-state index in [-0.39, 0.29) is 5.91 Å². The van der Waals surface area contributed by atoms with Gasteiger partial charge in [0.15, 0.2) is 0 Å². The smallest absolute Gasteiger partial charge is 0.220 e. The Morgan fingerprint density at radius 1 is 1.44 bits per heavy atom. The Bertz CT molecular complexity index is 203. The number of amides is 1. The SMILES string of the molecule is CC1CCN(CCNC(=O)CCCCl)CC1. The summed E-state index contributed by atoms with van der Waals surface area (Å²) in [4.78, 5) is 13.7. The van der Waals surface area contributed by atoms with Crippen molar-refractivity contribution >= 4 is 17.5 Å². The summed E-state index contributed by atoms with van der Waals surface area (Å²) in [7, 11) is 0. The molecule has 1 heterocycles. The first-order valence-corrected chi connectivity index (χ1v) is 6.81. The first-order chi connectivity index (χ1) is 7.72. The maximum atomic E-state index is 11.3. The summed E-state index contributed by atoms with van der Waals surface area (Å²) in [5.41, 5.74) is 0. The Hall–Kier alpha value is -0.280. The number of halogens is 1. The van der Waals surface area contributed by atoms with Crippen molar-refractivity contribution < 1.29 is 4.79 Å². The van der Waals surface area contributed by atoms with Gasteiger partial charge in [-0.1, -0.05) is 6.92 Å². The summed E-state index contributed by atoms with van der Waals surface area (Å²) in [6, 6.07) is 0. The lowest BCUT2D eigenvalue weighted by atomic mass is 9.99. The number of nitrogens with one attached hydrogen (secondary N) is 1. The van der Waals surface area contributed by atoms with Crippen LogP contribution in [0, 0.1) is 5.92 Å². The minimum atomic E-state index is 0.131. The van der Waals surface area contributed by atoms with E-state index in [0.29, 0.717) is 12.3 Å². The zero-order valence-corrected chi connectivity index (χ0v) is 10.9. The Labute approximate surface area is 104 Å². The molecule has 4 heteroatoms. The Morgan fingerprint density at radius 2 is 2.12 bits per heavy atom. The lowest BCUT2D eigenvalue weighted by Gasteiger charge is -2.30. The molecule has 1 amide bonds. The standard InChI is InChI=1S/C12H23ClN2O/c1-11-4-8-15(9-5-11)10-7-14-12(16)3-2-6-13/h11H,2-10H2,1H3,(H,14,16). The van der Waals surface area contributed by atoms with E-state index in [9.17, 15) is 4.79 Å². The van der Waals surface area contributed by atoms with Crippen LogP contribution < -0.4 is 5.32 Å². The molecule has 0 unspecified atom stereocenters. The average molecular weight is 247 g/mol. The highest BCUT2D eigenvalue weighted by molar-refractivity contribution is 6.17. The molecule has 1 aliphatic rings. The van der Waals surface area contributed by atoms with Crippen molar-refractivity contribution in [1.82, 2.24) is 10.2 Å². The van der Waals surface area contributed by atoms with Crippen LogP contribution in [0.15, 0.2) is 0 Å². The minimum absolute atomic E-state index is 0.131. The molecule has 94 valence electrons. The predicted molar refractivity (Wildman–Crippen MR) is 67.8 cm³/mol. The second-order valence-corrected chi connectivity index (χ2v) is 5.04. The summed E-state index contributed by atoms with van der Waals surface area (Å²) in [5.74, 6) is 1.57. The molecule has 0 aromatic heterocycles.